The Balaban J connectivity index is 1.67. The molecule has 7 nitrogen and oxygen atoms in total. The van der Waals surface area contributed by atoms with Gasteiger partial charge in [-0.25, -0.2) is 8.78 Å². The molecule has 0 bridgehead atoms. The van der Waals surface area contributed by atoms with Gasteiger partial charge in [-0.05, 0) is 13.0 Å². The summed E-state index contributed by atoms with van der Waals surface area (Å²) in [5.41, 5.74) is 0.727. The van der Waals surface area contributed by atoms with Crippen molar-refractivity contribution in [3.8, 4) is 0 Å². The SMILES string of the molecule is CCOCC(=O)N1Cc2ccnn2[C@H](C(=O)NC2CC(F)(F)C2)C1. The number of halogens is 2. The predicted octanol–water partition coefficient (Wildman–Crippen LogP) is 0.717. The van der Waals surface area contributed by atoms with Crippen molar-refractivity contribution < 1.29 is 23.1 Å². The van der Waals surface area contributed by atoms with E-state index in [0.717, 1.165) is 5.69 Å². The summed E-state index contributed by atoms with van der Waals surface area (Å²) in [6.45, 7) is 2.67. The topological polar surface area (TPSA) is 76.5 Å². The van der Waals surface area contributed by atoms with Gasteiger partial charge in [0.05, 0.1) is 18.8 Å². The van der Waals surface area contributed by atoms with Gasteiger partial charge in [-0.2, -0.15) is 5.10 Å². The van der Waals surface area contributed by atoms with Crippen molar-refractivity contribution in [1.82, 2.24) is 20.0 Å². The number of ether oxygens (including phenoxy) is 1. The van der Waals surface area contributed by atoms with E-state index in [0.29, 0.717) is 13.2 Å². The number of amides is 2. The van der Waals surface area contributed by atoms with Gasteiger partial charge in [-0.15, -0.1) is 0 Å². The Bertz CT molecular complexity index is 626. The summed E-state index contributed by atoms with van der Waals surface area (Å²) < 4.78 is 32.5. The van der Waals surface area contributed by atoms with Crippen LogP contribution < -0.4 is 5.32 Å². The molecule has 0 unspecified atom stereocenters. The number of carbonyl (C=O) groups is 2. The monoisotopic (exact) mass is 342 g/mol. The lowest BCUT2D eigenvalue weighted by Gasteiger charge is -2.38. The molecule has 1 aromatic heterocycles. The van der Waals surface area contributed by atoms with Crippen LogP contribution in [0.25, 0.3) is 0 Å². The van der Waals surface area contributed by atoms with E-state index in [1.54, 1.807) is 23.9 Å². The number of hydrogen-bond acceptors (Lipinski definition) is 4. The molecule has 2 heterocycles. The van der Waals surface area contributed by atoms with E-state index in [9.17, 15) is 18.4 Å². The van der Waals surface area contributed by atoms with Crippen molar-refractivity contribution in [2.24, 2.45) is 0 Å². The molecule has 1 atom stereocenters. The van der Waals surface area contributed by atoms with Gasteiger partial charge in [0.2, 0.25) is 11.8 Å². The first-order valence-electron chi connectivity index (χ1n) is 7.96. The smallest absolute Gasteiger partial charge is 0.252 e. The molecule has 2 aliphatic rings. The molecule has 0 radical (unpaired) electrons. The third-order valence-electron chi connectivity index (χ3n) is 4.32. The van der Waals surface area contributed by atoms with Crippen LogP contribution in [0.3, 0.4) is 0 Å². The second-order valence-electron chi connectivity index (χ2n) is 6.16. The Labute approximate surface area is 137 Å². The highest BCUT2D eigenvalue weighted by atomic mass is 19.3. The van der Waals surface area contributed by atoms with Crippen molar-refractivity contribution >= 4 is 11.8 Å². The van der Waals surface area contributed by atoms with E-state index in [-0.39, 0.29) is 31.9 Å². The number of nitrogens with zero attached hydrogens (tertiary/aromatic N) is 3. The van der Waals surface area contributed by atoms with Crippen molar-refractivity contribution in [2.75, 3.05) is 19.8 Å². The number of fused-ring (bicyclic) bond motifs is 1. The Hall–Kier alpha value is -2.03. The summed E-state index contributed by atoms with van der Waals surface area (Å²) in [6.07, 6.45) is 0.873. The van der Waals surface area contributed by atoms with Crippen LogP contribution >= 0.6 is 0 Å². The highest BCUT2D eigenvalue weighted by Gasteiger charge is 2.47. The summed E-state index contributed by atoms with van der Waals surface area (Å²) in [5, 5.41) is 6.76. The summed E-state index contributed by atoms with van der Waals surface area (Å²) >= 11 is 0. The van der Waals surface area contributed by atoms with Crippen molar-refractivity contribution in [3.63, 3.8) is 0 Å². The van der Waals surface area contributed by atoms with Crippen LogP contribution in [0.15, 0.2) is 12.3 Å². The summed E-state index contributed by atoms with van der Waals surface area (Å²) in [4.78, 5) is 26.2. The first-order chi connectivity index (χ1) is 11.4. The van der Waals surface area contributed by atoms with E-state index in [1.165, 1.54) is 4.90 Å². The third-order valence-corrected chi connectivity index (χ3v) is 4.32. The maximum Gasteiger partial charge on any atom is 0.252 e. The molecule has 2 amide bonds. The average Bonchev–Trinajstić information content (AvgIpc) is 2.98. The quantitative estimate of drug-likeness (QED) is 0.855. The second-order valence-corrected chi connectivity index (χ2v) is 6.16. The fourth-order valence-electron chi connectivity index (χ4n) is 3.02. The molecule has 1 saturated carbocycles. The molecule has 24 heavy (non-hydrogen) atoms. The van der Waals surface area contributed by atoms with E-state index >= 15 is 0 Å². The Morgan fingerprint density at radius 3 is 2.88 bits per heavy atom. The van der Waals surface area contributed by atoms with Crippen LogP contribution in [0.1, 0.15) is 31.5 Å². The highest BCUT2D eigenvalue weighted by Crippen LogP contribution is 2.37. The number of hydrogen-bond donors (Lipinski definition) is 1. The van der Waals surface area contributed by atoms with Gasteiger partial charge in [0.1, 0.15) is 12.6 Å². The van der Waals surface area contributed by atoms with Crippen LogP contribution in [0.4, 0.5) is 8.78 Å². The molecule has 1 fully saturated rings. The zero-order chi connectivity index (χ0) is 17.3. The largest absolute Gasteiger partial charge is 0.372 e. The number of rotatable bonds is 5. The standard InChI is InChI=1S/C15H20F2N4O3/c1-2-24-9-13(22)20-7-11-3-4-18-21(11)12(8-20)14(23)19-10-5-15(16,17)6-10/h3-4,10,12H,2,5-9H2,1H3,(H,19,23)/t12-/m0/s1. The fraction of sp³-hybridized carbons (Fsp3) is 0.667. The normalized spacial score (nSPS) is 22.6. The molecule has 0 aromatic carbocycles. The van der Waals surface area contributed by atoms with Crippen LogP contribution in [-0.2, 0) is 20.9 Å². The number of nitrogens with one attached hydrogen (secondary N) is 1. The highest BCUT2D eigenvalue weighted by molar-refractivity contribution is 5.83. The predicted molar refractivity (Wildman–Crippen MR) is 79.3 cm³/mol. The van der Waals surface area contributed by atoms with Crippen LogP contribution in [0.2, 0.25) is 0 Å². The molecule has 1 aliphatic heterocycles. The maximum absolute atomic E-state index is 12.9. The molecular formula is C15H20F2N4O3. The first kappa shape index (κ1) is 16.8. The lowest BCUT2D eigenvalue weighted by molar-refractivity contribution is -0.141. The van der Waals surface area contributed by atoms with Gasteiger partial charge in [0.15, 0.2) is 0 Å². The molecule has 0 spiro atoms. The summed E-state index contributed by atoms with van der Waals surface area (Å²) in [6, 6.07) is 0.488. The van der Waals surface area contributed by atoms with Gasteiger partial charge in [-0.3, -0.25) is 14.3 Å². The number of aromatic nitrogens is 2. The second kappa shape index (κ2) is 6.46. The zero-order valence-corrected chi connectivity index (χ0v) is 13.4. The first-order valence-corrected chi connectivity index (χ1v) is 7.96. The number of carbonyl (C=O) groups excluding carboxylic acids is 2. The average molecular weight is 342 g/mol. The van der Waals surface area contributed by atoms with Gasteiger partial charge in [0, 0.05) is 31.7 Å². The van der Waals surface area contributed by atoms with Gasteiger partial charge >= 0.3 is 0 Å². The Morgan fingerprint density at radius 1 is 1.46 bits per heavy atom. The minimum absolute atomic E-state index is 0.0478. The molecule has 9 heteroatoms. The molecule has 1 aliphatic carbocycles. The van der Waals surface area contributed by atoms with Crippen LogP contribution in [-0.4, -0.2) is 58.2 Å². The summed E-state index contributed by atoms with van der Waals surface area (Å²) in [5.74, 6) is -3.30. The third kappa shape index (κ3) is 3.40. The molecule has 1 N–H and O–H groups in total. The minimum atomic E-state index is -2.69. The molecule has 3 rings (SSSR count). The molecule has 1 aromatic rings. The lowest BCUT2D eigenvalue weighted by Crippen LogP contribution is -2.54. The van der Waals surface area contributed by atoms with Gasteiger partial charge in [0.25, 0.3) is 5.92 Å². The molecule has 0 saturated heterocycles. The molecular weight excluding hydrogens is 322 g/mol. The number of alkyl halides is 2. The van der Waals surface area contributed by atoms with Crippen molar-refractivity contribution in [2.45, 2.75) is 44.3 Å². The fourth-order valence-corrected chi connectivity index (χ4v) is 3.02. The van der Waals surface area contributed by atoms with Gasteiger partial charge < -0.3 is 15.0 Å². The maximum atomic E-state index is 12.9. The minimum Gasteiger partial charge on any atom is -0.372 e. The summed E-state index contributed by atoms with van der Waals surface area (Å²) in [7, 11) is 0. The van der Waals surface area contributed by atoms with E-state index in [2.05, 4.69) is 10.4 Å². The zero-order valence-electron chi connectivity index (χ0n) is 13.4. The lowest BCUT2D eigenvalue weighted by atomic mass is 9.88. The Kier molecular flexibility index (Phi) is 4.53. The van der Waals surface area contributed by atoms with Crippen molar-refractivity contribution in [1.29, 1.82) is 0 Å². The van der Waals surface area contributed by atoms with Crippen LogP contribution in [0.5, 0.6) is 0 Å². The van der Waals surface area contributed by atoms with E-state index < -0.39 is 23.9 Å². The van der Waals surface area contributed by atoms with E-state index in [1.807, 2.05) is 0 Å². The Morgan fingerprint density at radius 2 is 2.21 bits per heavy atom. The van der Waals surface area contributed by atoms with Crippen molar-refractivity contribution in [3.05, 3.63) is 18.0 Å². The van der Waals surface area contributed by atoms with Crippen LogP contribution in [0, 0.1) is 0 Å². The molecule has 132 valence electrons. The van der Waals surface area contributed by atoms with E-state index in [4.69, 9.17) is 4.74 Å². The van der Waals surface area contributed by atoms with Gasteiger partial charge in [-0.1, -0.05) is 0 Å².